The van der Waals surface area contributed by atoms with Crippen LogP contribution in [0.25, 0.3) is 0 Å². The smallest absolute Gasteiger partial charge is 0.238 e. The SMILES string of the molecule is CC(C)(C)C1(C(=O)C#N)CC1. The first kappa shape index (κ1) is 8.26. The molecule has 0 unspecified atom stereocenters. The van der Waals surface area contributed by atoms with E-state index in [1.807, 2.05) is 20.8 Å². The van der Waals surface area contributed by atoms with Gasteiger partial charge in [-0.05, 0) is 18.3 Å². The van der Waals surface area contributed by atoms with E-state index in [-0.39, 0.29) is 16.6 Å². The number of nitriles is 1. The number of ketones is 1. The van der Waals surface area contributed by atoms with Gasteiger partial charge in [0.05, 0.1) is 0 Å². The summed E-state index contributed by atoms with van der Waals surface area (Å²) in [5.74, 6) is -0.231. The van der Waals surface area contributed by atoms with Gasteiger partial charge >= 0.3 is 0 Å². The fraction of sp³-hybridized carbons (Fsp3) is 0.778. The molecule has 1 aliphatic rings. The molecule has 0 aliphatic heterocycles. The van der Waals surface area contributed by atoms with Crippen LogP contribution in [0.15, 0.2) is 0 Å². The van der Waals surface area contributed by atoms with Crippen molar-refractivity contribution in [1.29, 1.82) is 5.26 Å². The summed E-state index contributed by atoms with van der Waals surface area (Å²) in [7, 11) is 0. The highest BCUT2D eigenvalue weighted by Gasteiger charge is 2.57. The first-order valence-electron chi connectivity index (χ1n) is 3.88. The van der Waals surface area contributed by atoms with Crippen LogP contribution in [-0.4, -0.2) is 5.78 Å². The Morgan fingerprint density at radius 2 is 1.91 bits per heavy atom. The highest BCUT2D eigenvalue weighted by atomic mass is 16.1. The average molecular weight is 151 g/mol. The Labute approximate surface area is 67.2 Å². The van der Waals surface area contributed by atoms with Gasteiger partial charge in [-0.2, -0.15) is 5.26 Å². The first-order valence-corrected chi connectivity index (χ1v) is 3.88. The number of rotatable bonds is 1. The molecule has 0 aromatic heterocycles. The van der Waals surface area contributed by atoms with Crippen molar-refractivity contribution in [3.05, 3.63) is 0 Å². The van der Waals surface area contributed by atoms with Crippen LogP contribution in [0.5, 0.6) is 0 Å². The van der Waals surface area contributed by atoms with Gasteiger partial charge in [-0.25, -0.2) is 0 Å². The Morgan fingerprint density at radius 3 is 2.00 bits per heavy atom. The zero-order valence-electron chi connectivity index (χ0n) is 7.27. The molecule has 1 aliphatic carbocycles. The van der Waals surface area contributed by atoms with Gasteiger partial charge in [0.2, 0.25) is 5.78 Å². The van der Waals surface area contributed by atoms with E-state index in [9.17, 15) is 4.79 Å². The molecule has 2 nitrogen and oxygen atoms in total. The molecule has 0 radical (unpaired) electrons. The summed E-state index contributed by atoms with van der Waals surface area (Å²) in [5, 5.41) is 8.47. The molecule has 0 N–H and O–H groups in total. The molecule has 0 saturated heterocycles. The molecule has 0 amide bonds. The maximum Gasteiger partial charge on any atom is 0.238 e. The number of Topliss-reactive ketones (excluding diaryl/α,β-unsaturated/α-hetero) is 1. The van der Waals surface area contributed by atoms with Gasteiger partial charge in [0.15, 0.2) is 0 Å². The summed E-state index contributed by atoms with van der Waals surface area (Å²) in [6, 6.07) is 1.74. The van der Waals surface area contributed by atoms with Crippen molar-refractivity contribution in [1.82, 2.24) is 0 Å². The monoisotopic (exact) mass is 151 g/mol. The van der Waals surface area contributed by atoms with Crippen molar-refractivity contribution in [2.75, 3.05) is 0 Å². The third kappa shape index (κ3) is 1.05. The molecule has 60 valence electrons. The normalized spacial score (nSPS) is 20.5. The van der Waals surface area contributed by atoms with E-state index < -0.39 is 0 Å². The summed E-state index contributed by atoms with van der Waals surface area (Å²) < 4.78 is 0. The molecule has 0 spiro atoms. The molecule has 0 aromatic rings. The lowest BCUT2D eigenvalue weighted by molar-refractivity contribution is -0.122. The van der Waals surface area contributed by atoms with Gasteiger partial charge in [0.1, 0.15) is 6.07 Å². The summed E-state index contributed by atoms with van der Waals surface area (Å²) >= 11 is 0. The fourth-order valence-electron chi connectivity index (χ4n) is 1.55. The molecular formula is C9H13NO. The number of hydrogen-bond donors (Lipinski definition) is 0. The largest absolute Gasteiger partial charge is 0.282 e. The maximum absolute atomic E-state index is 11.2. The van der Waals surface area contributed by atoms with Gasteiger partial charge < -0.3 is 0 Å². The minimum atomic E-state index is -0.304. The molecule has 0 atom stereocenters. The van der Waals surface area contributed by atoms with Gasteiger partial charge in [0, 0.05) is 5.41 Å². The Balaban J connectivity index is 2.87. The van der Waals surface area contributed by atoms with Gasteiger partial charge in [0.25, 0.3) is 0 Å². The van der Waals surface area contributed by atoms with Gasteiger partial charge in [-0.15, -0.1) is 0 Å². The van der Waals surface area contributed by atoms with E-state index in [2.05, 4.69) is 0 Å². The minimum absolute atomic E-state index is 0.0419. The zero-order chi connectivity index (χ0) is 8.70. The van der Waals surface area contributed by atoms with Crippen molar-refractivity contribution >= 4 is 5.78 Å². The van der Waals surface area contributed by atoms with E-state index in [4.69, 9.17) is 5.26 Å². The predicted molar refractivity (Wildman–Crippen MR) is 41.7 cm³/mol. The van der Waals surface area contributed by atoms with Crippen LogP contribution >= 0.6 is 0 Å². The number of carbonyl (C=O) groups is 1. The summed E-state index contributed by atoms with van der Waals surface area (Å²) in [6.45, 7) is 6.07. The Morgan fingerprint density at radius 1 is 1.45 bits per heavy atom. The minimum Gasteiger partial charge on any atom is -0.282 e. The highest BCUT2D eigenvalue weighted by molar-refractivity contribution is 6.00. The lowest BCUT2D eigenvalue weighted by Crippen LogP contribution is -2.29. The topological polar surface area (TPSA) is 40.9 Å². The second kappa shape index (κ2) is 2.07. The number of nitrogens with zero attached hydrogens (tertiary/aromatic N) is 1. The van der Waals surface area contributed by atoms with Gasteiger partial charge in [-0.3, -0.25) is 4.79 Å². The van der Waals surface area contributed by atoms with Crippen LogP contribution in [-0.2, 0) is 4.79 Å². The standard InChI is InChI=1S/C9H13NO/c1-8(2,3)9(4-5-9)7(11)6-10/h4-5H2,1-3H3. The third-order valence-corrected chi connectivity index (χ3v) is 2.72. The van der Waals surface area contributed by atoms with Crippen LogP contribution < -0.4 is 0 Å². The third-order valence-electron chi connectivity index (χ3n) is 2.72. The molecule has 0 bridgehead atoms. The van der Waals surface area contributed by atoms with E-state index in [1.165, 1.54) is 0 Å². The lowest BCUT2D eigenvalue weighted by atomic mass is 9.75. The molecule has 1 fully saturated rings. The summed E-state index contributed by atoms with van der Waals surface area (Å²) in [4.78, 5) is 11.2. The van der Waals surface area contributed by atoms with Crippen molar-refractivity contribution < 1.29 is 4.79 Å². The second-order valence-electron chi connectivity index (χ2n) is 4.27. The average Bonchev–Trinajstić information content (AvgIpc) is 2.63. The van der Waals surface area contributed by atoms with E-state index in [1.54, 1.807) is 6.07 Å². The number of carbonyl (C=O) groups excluding carboxylic acids is 1. The van der Waals surface area contributed by atoms with Gasteiger partial charge in [-0.1, -0.05) is 20.8 Å². The lowest BCUT2D eigenvalue weighted by Gasteiger charge is -2.26. The van der Waals surface area contributed by atoms with Crippen molar-refractivity contribution in [2.45, 2.75) is 33.6 Å². The first-order chi connectivity index (χ1) is 4.94. The highest BCUT2D eigenvalue weighted by Crippen LogP contribution is 2.58. The Hall–Kier alpha value is -0.840. The van der Waals surface area contributed by atoms with Crippen molar-refractivity contribution in [3.63, 3.8) is 0 Å². The Kier molecular flexibility index (Phi) is 1.56. The molecule has 1 rings (SSSR count). The molecule has 2 heteroatoms. The molecular weight excluding hydrogens is 138 g/mol. The van der Waals surface area contributed by atoms with Crippen molar-refractivity contribution in [2.24, 2.45) is 10.8 Å². The fourth-order valence-corrected chi connectivity index (χ4v) is 1.55. The van der Waals surface area contributed by atoms with E-state index in [0.717, 1.165) is 12.8 Å². The zero-order valence-corrected chi connectivity index (χ0v) is 7.27. The quantitative estimate of drug-likeness (QED) is 0.537. The van der Waals surface area contributed by atoms with Crippen LogP contribution in [0, 0.1) is 22.2 Å². The van der Waals surface area contributed by atoms with Crippen LogP contribution in [0.1, 0.15) is 33.6 Å². The molecule has 1 saturated carbocycles. The van der Waals surface area contributed by atoms with E-state index in [0.29, 0.717) is 0 Å². The van der Waals surface area contributed by atoms with Crippen LogP contribution in [0.2, 0.25) is 0 Å². The summed E-state index contributed by atoms with van der Waals surface area (Å²) in [5.41, 5.74) is -0.346. The van der Waals surface area contributed by atoms with Crippen molar-refractivity contribution in [3.8, 4) is 6.07 Å². The molecule has 11 heavy (non-hydrogen) atoms. The second-order valence-corrected chi connectivity index (χ2v) is 4.27. The predicted octanol–water partition coefficient (Wildman–Crippen LogP) is 1.91. The van der Waals surface area contributed by atoms with Crippen LogP contribution in [0.3, 0.4) is 0 Å². The Bertz CT molecular complexity index is 225. The maximum atomic E-state index is 11.2. The van der Waals surface area contributed by atoms with E-state index >= 15 is 0 Å². The molecule has 0 heterocycles. The number of hydrogen-bond acceptors (Lipinski definition) is 2. The van der Waals surface area contributed by atoms with Crippen LogP contribution in [0.4, 0.5) is 0 Å². The summed E-state index contributed by atoms with van der Waals surface area (Å²) in [6.07, 6.45) is 1.78. The molecule has 0 aromatic carbocycles.